The summed E-state index contributed by atoms with van der Waals surface area (Å²) >= 11 is 0. The Morgan fingerprint density at radius 3 is 2.58 bits per heavy atom. The van der Waals surface area contributed by atoms with E-state index in [-0.39, 0.29) is 5.54 Å². The molecule has 2 aliphatic carbocycles. The van der Waals surface area contributed by atoms with Crippen LogP contribution in [0.25, 0.3) is 0 Å². The Morgan fingerprint density at radius 1 is 1.11 bits per heavy atom. The first-order valence-corrected chi connectivity index (χ1v) is 8.47. The van der Waals surface area contributed by atoms with Gasteiger partial charge in [-0.2, -0.15) is 0 Å². The van der Waals surface area contributed by atoms with Crippen molar-refractivity contribution in [3.63, 3.8) is 0 Å². The Labute approximate surface area is 119 Å². The van der Waals surface area contributed by atoms with Crippen molar-refractivity contribution in [2.24, 2.45) is 23.7 Å². The number of rotatable bonds is 4. The summed E-state index contributed by atoms with van der Waals surface area (Å²) in [5, 5.41) is 3.68. The Hall–Kier alpha value is -0.0800. The number of nitrogens with zero attached hydrogens (tertiary/aromatic N) is 1. The predicted octanol–water partition coefficient (Wildman–Crippen LogP) is 3.13. The SMILES string of the molecule is CC(C)(C)NCC1CCN(CC2CC3CCC2C3)C1. The molecule has 4 unspecified atom stereocenters. The maximum absolute atomic E-state index is 3.68. The first kappa shape index (κ1) is 13.9. The molecule has 19 heavy (non-hydrogen) atoms. The summed E-state index contributed by atoms with van der Waals surface area (Å²) in [4.78, 5) is 2.76. The van der Waals surface area contributed by atoms with E-state index in [1.54, 1.807) is 19.3 Å². The van der Waals surface area contributed by atoms with Crippen molar-refractivity contribution in [2.45, 2.75) is 58.4 Å². The molecule has 2 nitrogen and oxygen atoms in total. The fourth-order valence-corrected chi connectivity index (χ4v) is 4.63. The summed E-state index contributed by atoms with van der Waals surface area (Å²) in [6, 6.07) is 0. The van der Waals surface area contributed by atoms with Gasteiger partial charge in [-0.3, -0.25) is 0 Å². The molecule has 2 heteroatoms. The maximum atomic E-state index is 3.68. The van der Waals surface area contributed by atoms with E-state index < -0.39 is 0 Å². The molecule has 0 aromatic heterocycles. The summed E-state index contributed by atoms with van der Waals surface area (Å²) in [7, 11) is 0. The molecular formula is C17H32N2. The maximum Gasteiger partial charge on any atom is 0.00966 e. The normalized spacial score (nSPS) is 39.3. The minimum atomic E-state index is 0.276. The third kappa shape index (κ3) is 3.52. The highest BCUT2D eigenvalue weighted by molar-refractivity contribution is 4.92. The van der Waals surface area contributed by atoms with Gasteiger partial charge in [0.05, 0.1) is 0 Å². The van der Waals surface area contributed by atoms with Crippen molar-refractivity contribution in [3.8, 4) is 0 Å². The first-order valence-electron chi connectivity index (χ1n) is 8.47. The minimum Gasteiger partial charge on any atom is -0.312 e. The van der Waals surface area contributed by atoms with Crippen LogP contribution in [0.3, 0.4) is 0 Å². The zero-order valence-corrected chi connectivity index (χ0v) is 13.1. The van der Waals surface area contributed by atoms with E-state index in [0.717, 1.165) is 23.7 Å². The molecule has 0 aromatic carbocycles. The number of likely N-dealkylation sites (tertiary alicyclic amines) is 1. The van der Waals surface area contributed by atoms with E-state index in [0.29, 0.717) is 0 Å². The van der Waals surface area contributed by atoms with Gasteiger partial charge in [0.2, 0.25) is 0 Å². The van der Waals surface area contributed by atoms with Crippen molar-refractivity contribution in [3.05, 3.63) is 0 Å². The van der Waals surface area contributed by atoms with Crippen molar-refractivity contribution in [1.82, 2.24) is 10.2 Å². The lowest BCUT2D eigenvalue weighted by Gasteiger charge is -2.27. The topological polar surface area (TPSA) is 15.3 Å². The molecule has 1 aliphatic heterocycles. The number of hydrogen-bond acceptors (Lipinski definition) is 2. The highest BCUT2D eigenvalue weighted by atomic mass is 15.2. The molecule has 0 radical (unpaired) electrons. The van der Waals surface area contributed by atoms with E-state index in [1.807, 2.05) is 0 Å². The van der Waals surface area contributed by atoms with Crippen molar-refractivity contribution < 1.29 is 0 Å². The van der Waals surface area contributed by atoms with Crippen LogP contribution in [0.15, 0.2) is 0 Å². The van der Waals surface area contributed by atoms with Gasteiger partial charge in [-0.25, -0.2) is 0 Å². The van der Waals surface area contributed by atoms with Crippen LogP contribution in [0, 0.1) is 23.7 Å². The van der Waals surface area contributed by atoms with Gasteiger partial charge >= 0.3 is 0 Å². The summed E-state index contributed by atoms with van der Waals surface area (Å²) < 4.78 is 0. The van der Waals surface area contributed by atoms with E-state index in [4.69, 9.17) is 0 Å². The Kier molecular flexibility index (Phi) is 3.92. The molecule has 1 saturated heterocycles. The fraction of sp³-hybridized carbons (Fsp3) is 1.00. The Balaban J connectivity index is 1.40. The van der Waals surface area contributed by atoms with Gasteiger partial charge in [0, 0.05) is 18.6 Å². The van der Waals surface area contributed by atoms with Gasteiger partial charge in [-0.15, -0.1) is 0 Å². The van der Waals surface area contributed by atoms with Crippen molar-refractivity contribution in [1.29, 1.82) is 0 Å². The molecule has 3 aliphatic rings. The quantitative estimate of drug-likeness (QED) is 0.839. The van der Waals surface area contributed by atoms with E-state index in [1.165, 1.54) is 39.0 Å². The van der Waals surface area contributed by atoms with Gasteiger partial charge in [0.15, 0.2) is 0 Å². The largest absolute Gasteiger partial charge is 0.312 e. The second-order valence-corrected chi connectivity index (χ2v) is 8.48. The van der Waals surface area contributed by atoms with Gasteiger partial charge in [-0.05, 0) is 83.2 Å². The Morgan fingerprint density at radius 2 is 1.95 bits per heavy atom. The van der Waals surface area contributed by atoms with Crippen LogP contribution in [0.5, 0.6) is 0 Å². The molecule has 0 aromatic rings. The third-order valence-corrected chi connectivity index (χ3v) is 5.67. The number of hydrogen-bond donors (Lipinski definition) is 1. The molecule has 1 heterocycles. The molecule has 2 bridgehead atoms. The van der Waals surface area contributed by atoms with Crippen LogP contribution in [0.2, 0.25) is 0 Å². The van der Waals surface area contributed by atoms with Gasteiger partial charge in [0.1, 0.15) is 0 Å². The van der Waals surface area contributed by atoms with Crippen LogP contribution < -0.4 is 5.32 Å². The van der Waals surface area contributed by atoms with Crippen molar-refractivity contribution in [2.75, 3.05) is 26.2 Å². The van der Waals surface area contributed by atoms with Crippen LogP contribution in [0.1, 0.15) is 52.9 Å². The second kappa shape index (κ2) is 5.37. The average Bonchev–Trinajstić information content (AvgIpc) is 3.01. The van der Waals surface area contributed by atoms with Gasteiger partial charge in [-0.1, -0.05) is 6.42 Å². The number of nitrogens with one attached hydrogen (secondary N) is 1. The molecule has 0 spiro atoms. The van der Waals surface area contributed by atoms with Crippen LogP contribution in [-0.4, -0.2) is 36.6 Å². The van der Waals surface area contributed by atoms with Gasteiger partial charge < -0.3 is 10.2 Å². The summed E-state index contributed by atoms with van der Waals surface area (Å²) in [5.74, 6) is 4.14. The molecule has 110 valence electrons. The molecular weight excluding hydrogens is 232 g/mol. The molecule has 4 atom stereocenters. The highest BCUT2D eigenvalue weighted by Crippen LogP contribution is 2.48. The Bertz CT molecular complexity index is 307. The summed E-state index contributed by atoms with van der Waals surface area (Å²) in [6.45, 7) is 12.1. The minimum absolute atomic E-state index is 0.276. The lowest BCUT2D eigenvalue weighted by Crippen LogP contribution is -2.40. The van der Waals surface area contributed by atoms with Crippen LogP contribution >= 0.6 is 0 Å². The van der Waals surface area contributed by atoms with E-state index >= 15 is 0 Å². The molecule has 3 rings (SSSR count). The predicted molar refractivity (Wildman–Crippen MR) is 81.2 cm³/mol. The fourth-order valence-electron chi connectivity index (χ4n) is 4.63. The standard InChI is InChI=1S/C17H32N2/c1-17(2,3)18-10-14-6-7-19(11-14)12-16-9-13-4-5-15(16)8-13/h13-16,18H,4-12H2,1-3H3. The van der Waals surface area contributed by atoms with Crippen LogP contribution in [0.4, 0.5) is 0 Å². The summed E-state index contributed by atoms with van der Waals surface area (Å²) in [5.41, 5.74) is 0.276. The zero-order chi connectivity index (χ0) is 13.5. The average molecular weight is 264 g/mol. The molecule has 3 fully saturated rings. The number of fused-ring (bicyclic) bond motifs is 2. The smallest absolute Gasteiger partial charge is 0.00966 e. The molecule has 1 N–H and O–H groups in total. The van der Waals surface area contributed by atoms with Crippen LogP contribution in [-0.2, 0) is 0 Å². The molecule has 0 amide bonds. The lowest BCUT2D eigenvalue weighted by molar-refractivity contribution is 0.213. The van der Waals surface area contributed by atoms with Gasteiger partial charge in [0.25, 0.3) is 0 Å². The molecule has 2 saturated carbocycles. The monoisotopic (exact) mass is 264 g/mol. The lowest BCUT2D eigenvalue weighted by atomic mass is 9.88. The second-order valence-electron chi connectivity index (χ2n) is 8.48. The third-order valence-electron chi connectivity index (χ3n) is 5.67. The van der Waals surface area contributed by atoms with Crippen molar-refractivity contribution >= 4 is 0 Å². The van der Waals surface area contributed by atoms with E-state index in [9.17, 15) is 0 Å². The summed E-state index contributed by atoms with van der Waals surface area (Å²) in [6.07, 6.45) is 7.60. The highest BCUT2D eigenvalue weighted by Gasteiger charge is 2.40. The van der Waals surface area contributed by atoms with E-state index in [2.05, 4.69) is 31.0 Å². The zero-order valence-electron chi connectivity index (χ0n) is 13.1. The first-order chi connectivity index (χ1) is 8.99.